The first-order chi connectivity index (χ1) is 10.5. The van der Waals surface area contributed by atoms with Crippen molar-refractivity contribution < 1.29 is 9.59 Å². The van der Waals surface area contributed by atoms with Gasteiger partial charge in [-0.3, -0.25) is 14.6 Å². The van der Waals surface area contributed by atoms with E-state index in [9.17, 15) is 9.59 Å². The van der Waals surface area contributed by atoms with Crippen LogP contribution < -0.4 is 10.2 Å². The van der Waals surface area contributed by atoms with E-state index in [1.54, 1.807) is 38.5 Å². The van der Waals surface area contributed by atoms with E-state index in [1.165, 1.54) is 16.7 Å². The smallest absolute Gasteiger partial charge is 0.252 e. The van der Waals surface area contributed by atoms with E-state index < -0.39 is 4.75 Å². The van der Waals surface area contributed by atoms with Crippen molar-refractivity contribution >= 4 is 35.0 Å². The van der Waals surface area contributed by atoms with Crippen molar-refractivity contribution in [1.82, 2.24) is 4.98 Å². The van der Waals surface area contributed by atoms with Crippen molar-refractivity contribution in [2.24, 2.45) is 0 Å². The first kappa shape index (κ1) is 14.6. The summed E-state index contributed by atoms with van der Waals surface area (Å²) < 4.78 is -1.21. The normalized spacial score (nSPS) is 20.0. The zero-order chi connectivity index (χ0) is 15.7. The van der Waals surface area contributed by atoms with E-state index in [4.69, 9.17) is 0 Å². The number of anilines is 2. The van der Waals surface area contributed by atoms with E-state index in [2.05, 4.69) is 10.3 Å². The molecule has 1 aromatic heterocycles. The van der Waals surface area contributed by atoms with Gasteiger partial charge in [0.15, 0.2) is 4.75 Å². The van der Waals surface area contributed by atoms with Crippen LogP contribution in [0.3, 0.4) is 0 Å². The summed E-state index contributed by atoms with van der Waals surface area (Å²) in [6, 6.07) is 11.0. The molecular formula is C16H15N3O2S. The zero-order valence-electron chi connectivity index (χ0n) is 12.2. The van der Waals surface area contributed by atoms with Gasteiger partial charge in [0.2, 0.25) is 5.91 Å². The topological polar surface area (TPSA) is 62.3 Å². The minimum atomic E-state index is -1.21. The fourth-order valence-corrected chi connectivity index (χ4v) is 3.48. The number of nitrogens with zero attached hydrogens (tertiary/aromatic N) is 2. The maximum atomic E-state index is 12.9. The third-order valence-electron chi connectivity index (χ3n) is 3.63. The summed E-state index contributed by atoms with van der Waals surface area (Å²) in [4.78, 5) is 31.7. The van der Waals surface area contributed by atoms with Gasteiger partial charge in [0, 0.05) is 18.1 Å². The molecule has 1 atom stereocenters. The number of thioether (sulfide) groups is 1. The van der Waals surface area contributed by atoms with Crippen molar-refractivity contribution in [2.75, 3.05) is 17.3 Å². The molecule has 1 unspecified atom stereocenters. The molecule has 1 aliphatic heterocycles. The standard InChI is InChI=1S/C16H15N3O2S/c1-16(15(21)19(2)11-6-5-9-17-10-11)14(20)18-12-7-3-4-8-13(12)22-16/h3-10H,1-2H3,(H,18,20). The second kappa shape index (κ2) is 5.46. The number of hydrogen-bond donors (Lipinski definition) is 1. The Morgan fingerprint density at radius 2 is 2.05 bits per heavy atom. The summed E-state index contributed by atoms with van der Waals surface area (Å²) in [6.07, 6.45) is 3.24. The number of pyridine rings is 1. The van der Waals surface area contributed by atoms with Gasteiger partial charge in [0.1, 0.15) is 0 Å². The number of carbonyl (C=O) groups is 2. The Bertz CT molecular complexity index is 735. The van der Waals surface area contributed by atoms with Gasteiger partial charge in [-0.05, 0) is 31.2 Å². The molecule has 5 nitrogen and oxygen atoms in total. The Balaban J connectivity index is 1.93. The first-order valence-electron chi connectivity index (χ1n) is 6.80. The van der Waals surface area contributed by atoms with E-state index >= 15 is 0 Å². The summed E-state index contributed by atoms with van der Waals surface area (Å²) in [6.45, 7) is 1.65. The predicted molar refractivity (Wildman–Crippen MR) is 87.0 cm³/mol. The quantitative estimate of drug-likeness (QED) is 0.866. The average Bonchev–Trinajstić information content (AvgIpc) is 2.55. The van der Waals surface area contributed by atoms with Crippen LogP contribution in [0, 0.1) is 0 Å². The lowest BCUT2D eigenvalue weighted by atomic mass is 10.1. The molecular weight excluding hydrogens is 298 g/mol. The molecule has 0 saturated heterocycles. The maximum Gasteiger partial charge on any atom is 0.252 e. The lowest BCUT2D eigenvalue weighted by molar-refractivity contribution is -0.128. The van der Waals surface area contributed by atoms with E-state index in [0.717, 1.165) is 10.6 Å². The minimum Gasteiger partial charge on any atom is -0.323 e. The molecule has 22 heavy (non-hydrogen) atoms. The van der Waals surface area contributed by atoms with Crippen LogP contribution in [0.5, 0.6) is 0 Å². The molecule has 0 spiro atoms. The number of rotatable bonds is 2. The van der Waals surface area contributed by atoms with Crippen LogP contribution in [0.2, 0.25) is 0 Å². The van der Waals surface area contributed by atoms with Gasteiger partial charge in [0.05, 0.1) is 17.6 Å². The maximum absolute atomic E-state index is 12.9. The van der Waals surface area contributed by atoms with Gasteiger partial charge in [0.25, 0.3) is 5.91 Å². The lowest BCUT2D eigenvalue weighted by Gasteiger charge is -2.34. The van der Waals surface area contributed by atoms with Crippen molar-refractivity contribution in [1.29, 1.82) is 0 Å². The number of hydrogen-bond acceptors (Lipinski definition) is 4. The van der Waals surface area contributed by atoms with Crippen LogP contribution in [0.1, 0.15) is 6.92 Å². The Morgan fingerprint density at radius 3 is 2.77 bits per heavy atom. The number of carbonyl (C=O) groups excluding carboxylic acids is 2. The number of nitrogens with one attached hydrogen (secondary N) is 1. The fraction of sp³-hybridized carbons (Fsp3) is 0.188. The molecule has 3 rings (SSSR count). The van der Waals surface area contributed by atoms with Gasteiger partial charge in [-0.25, -0.2) is 0 Å². The fourth-order valence-electron chi connectivity index (χ4n) is 2.30. The van der Waals surface area contributed by atoms with Crippen LogP contribution in [0.4, 0.5) is 11.4 Å². The van der Waals surface area contributed by atoms with Crippen molar-refractivity contribution in [3.63, 3.8) is 0 Å². The number of amides is 2. The summed E-state index contributed by atoms with van der Waals surface area (Å²) in [5, 5.41) is 2.81. The third-order valence-corrected chi connectivity index (χ3v) is 4.97. The van der Waals surface area contributed by atoms with Crippen molar-refractivity contribution in [2.45, 2.75) is 16.6 Å². The van der Waals surface area contributed by atoms with Crippen LogP contribution in [0.25, 0.3) is 0 Å². The highest BCUT2D eigenvalue weighted by atomic mass is 32.2. The van der Waals surface area contributed by atoms with Crippen LogP contribution in [0.15, 0.2) is 53.7 Å². The summed E-state index contributed by atoms with van der Waals surface area (Å²) in [5.41, 5.74) is 1.40. The number of fused-ring (bicyclic) bond motifs is 1. The third kappa shape index (κ3) is 2.35. The zero-order valence-corrected chi connectivity index (χ0v) is 13.1. The molecule has 112 valence electrons. The van der Waals surface area contributed by atoms with E-state index in [-0.39, 0.29) is 11.8 Å². The van der Waals surface area contributed by atoms with Gasteiger partial charge in [-0.15, -0.1) is 0 Å². The Labute approximate surface area is 132 Å². The second-order valence-electron chi connectivity index (χ2n) is 5.16. The summed E-state index contributed by atoms with van der Waals surface area (Å²) >= 11 is 1.27. The molecule has 1 aliphatic rings. The molecule has 2 heterocycles. The van der Waals surface area contributed by atoms with Crippen molar-refractivity contribution in [3.8, 4) is 0 Å². The summed E-state index contributed by atoms with van der Waals surface area (Å²) in [7, 11) is 1.65. The molecule has 6 heteroatoms. The second-order valence-corrected chi connectivity index (χ2v) is 6.62. The SMILES string of the molecule is CN(C(=O)C1(C)Sc2ccccc2NC1=O)c1cccnc1. The first-order valence-corrected chi connectivity index (χ1v) is 7.62. The molecule has 0 saturated carbocycles. The predicted octanol–water partition coefficient (Wildman–Crippen LogP) is 2.55. The molecule has 2 amide bonds. The van der Waals surface area contributed by atoms with Crippen molar-refractivity contribution in [3.05, 3.63) is 48.8 Å². The Morgan fingerprint density at radius 1 is 1.27 bits per heavy atom. The number of aromatic nitrogens is 1. The van der Waals surface area contributed by atoms with Gasteiger partial charge in [-0.2, -0.15) is 0 Å². The molecule has 1 N–H and O–H groups in total. The lowest BCUT2D eigenvalue weighted by Crippen LogP contribution is -2.52. The molecule has 1 aromatic carbocycles. The van der Waals surface area contributed by atoms with Crippen LogP contribution in [-0.4, -0.2) is 28.6 Å². The molecule has 0 radical (unpaired) electrons. The van der Waals surface area contributed by atoms with Gasteiger partial charge < -0.3 is 10.2 Å². The molecule has 0 bridgehead atoms. The number of para-hydroxylation sites is 1. The molecule has 0 aliphatic carbocycles. The minimum absolute atomic E-state index is 0.280. The Kier molecular flexibility index (Phi) is 3.62. The summed E-state index contributed by atoms with van der Waals surface area (Å²) in [5.74, 6) is -0.588. The highest BCUT2D eigenvalue weighted by Gasteiger charge is 2.47. The van der Waals surface area contributed by atoms with Crippen LogP contribution in [-0.2, 0) is 9.59 Å². The van der Waals surface area contributed by atoms with E-state index in [1.807, 2.05) is 24.3 Å². The molecule has 0 fully saturated rings. The monoisotopic (exact) mass is 313 g/mol. The van der Waals surface area contributed by atoms with Gasteiger partial charge >= 0.3 is 0 Å². The Hall–Kier alpha value is -2.34. The number of benzene rings is 1. The molecule has 2 aromatic rings. The van der Waals surface area contributed by atoms with E-state index in [0.29, 0.717) is 5.69 Å². The van der Waals surface area contributed by atoms with Crippen LogP contribution >= 0.6 is 11.8 Å². The van der Waals surface area contributed by atoms with Gasteiger partial charge in [-0.1, -0.05) is 23.9 Å². The largest absolute Gasteiger partial charge is 0.323 e. The average molecular weight is 313 g/mol. The highest BCUT2D eigenvalue weighted by molar-refractivity contribution is 8.02. The highest BCUT2D eigenvalue weighted by Crippen LogP contribution is 2.43.